The lowest BCUT2D eigenvalue weighted by atomic mass is 10.00. The lowest BCUT2D eigenvalue weighted by molar-refractivity contribution is -0.118. The molecule has 0 spiro atoms. The van der Waals surface area contributed by atoms with Crippen molar-refractivity contribution in [2.75, 3.05) is 10.6 Å². The van der Waals surface area contributed by atoms with Gasteiger partial charge in [0.1, 0.15) is 16.6 Å². The van der Waals surface area contributed by atoms with Crippen LogP contribution in [0.15, 0.2) is 70.9 Å². The Morgan fingerprint density at radius 1 is 1.08 bits per heavy atom. The van der Waals surface area contributed by atoms with Gasteiger partial charge < -0.3 is 9.50 Å². The summed E-state index contributed by atoms with van der Waals surface area (Å²) in [6.07, 6.45) is 0.0293. The van der Waals surface area contributed by atoms with Crippen molar-refractivity contribution in [1.29, 1.82) is 5.26 Å². The third kappa shape index (κ3) is 6.76. The molecule has 2 heterocycles. The van der Waals surface area contributed by atoms with Gasteiger partial charge in [0.25, 0.3) is 0 Å². The number of rotatable bonds is 9. The SMILES string of the molecule is CC(=O)Nc1ccc(S(=O)(=O)Oc2cccc(CC(C#N)C(=O)Nc3nnc(-c4cccs4)s3)c2)cc1. The van der Waals surface area contributed by atoms with Crippen LogP contribution in [0.1, 0.15) is 12.5 Å². The Morgan fingerprint density at radius 3 is 2.54 bits per heavy atom. The van der Waals surface area contributed by atoms with Crippen LogP contribution < -0.4 is 14.8 Å². The fraction of sp³-hybridized carbons (Fsp3) is 0.125. The van der Waals surface area contributed by atoms with Crippen LogP contribution in [0.5, 0.6) is 5.75 Å². The smallest absolute Gasteiger partial charge is 0.339 e. The van der Waals surface area contributed by atoms with E-state index in [0.717, 1.165) is 4.88 Å². The first-order chi connectivity index (χ1) is 17.7. The van der Waals surface area contributed by atoms with Crippen LogP contribution in [-0.4, -0.2) is 30.4 Å². The molecule has 0 radical (unpaired) electrons. The molecular weight excluding hydrogens is 534 g/mol. The zero-order chi connectivity index (χ0) is 26.4. The van der Waals surface area contributed by atoms with Gasteiger partial charge in [-0.1, -0.05) is 29.5 Å². The summed E-state index contributed by atoms with van der Waals surface area (Å²) in [6.45, 7) is 1.35. The highest BCUT2D eigenvalue weighted by molar-refractivity contribution is 7.87. The molecule has 2 aromatic carbocycles. The molecule has 10 nitrogen and oxygen atoms in total. The van der Waals surface area contributed by atoms with Gasteiger partial charge in [-0.3, -0.25) is 14.9 Å². The van der Waals surface area contributed by atoms with Crippen molar-refractivity contribution in [2.24, 2.45) is 5.92 Å². The first-order valence-electron chi connectivity index (χ1n) is 10.7. The van der Waals surface area contributed by atoms with Crippen molar-refractivity contribution in [3.05, 3.63) is 71.6 Å². The minimum atomic E-state index is -4.15. The number of hydrogen-bond acceptors (Lipinski definition) is 10. The molecule has 0 saturated carbocycles. The number of hydrogen-bond donors (Lipinski definition) is 2. The van der Waals surface area contributed by atoms with Gasteiger partial charge in [0.15, 0.2) is 5.01 Å². The molecule has 1 unspecified atom stereocenters. The van der Waals surface area contributed by atoms with Gasteiger partial charge in [0.05, 0.1) is 10.9 Å². The van der Waals surface area contributed by atoms with Crippen molar-refractivity contribution in [1.82, 2.24) is 10.2 Å². The zero-order valence-electron chi connectivity index (χ0n) is 19.2. The number of anilines is 2. The van der Waals surface area contributed by atoms with Crippen molar-refractivity contribution < 1.29 is 22.2 Å². The van der Waals surface area contributed by atoms with E-state index in [1.165, 1.54) is 66.0 Å². The highest BCUT2D eigenvalue weighted by Crippen LogP contribution is 2.30. The zero-order valence-corrected chi connectivity index (χ0v) is 21.7. The molecule has 2 amide bonds. The number of nitriles is 1. The molecule has 4 aromatic rings. The van der Waals surface area contributed by atoms with Crippen LogP contribution in [0.25, 0.3) is 9.88 Å². The molecule has 0 fully saturated rings. The Bertz CT molecular complexity index is 1560. The monoisotopic (exact) mass is 553 g/mol. The third-order valence-electron chi connectivity index (χ3n) is 4.87. The number of amides is 2. The van der Waals surface area contributed by atoms with Crippen LogP contribution in [-0.2, 0) is 26.1 Å². The van der Waals surface area contributed by atoms with E-state index in [1.54, 1.807) is 12.1 Å². The molecule has 2 N–H and O–H groups in total. The topological polar surface area (TPSA) is 151 Å². The predicted molar refractivity (Wildman–Crippen MR) is 140 cm³/mol. The molecule has 0 bridgehead atoms. The van der Waals surface area contributed by atoms with Crippen molar-refractivity contribution in [2.45, 2.75) is 18.2 Å². The summed E-state index contributed by atoms with van der Waals surface area (Å²) in [7, 11) is -4.15. The van der Waals surface area contributed by atoms with E-state index in [1.807, 2.05) is 23.6 Å². The average Bonchev–Trinajstić information content (AvgIpc) is 3.55. The number of nitrogens with one attached hydrogen (secondary N) is 2. The summed E-state index contributed by atoms with van der Waals surface area (Å²) in [5.74, 6) is -1.85. The standard InChI is InChI=1S/C24H19N5O5S3/c1-15(30)26-18-7-9-20(10-8-18)37(32,33)34-19-5-2-4-16(13-19)12-17(14-25)22(31)27-24-29-28-23(36-24)21-6-3-11-35-21/h2-11,13,17H,12H2,1H3,(H,26,30)(H,27,29,31). The van der Waals surface area contributed by atoms with Gasteiger partial charge in [0, 0.05) is 12.6 Å². The molecule has 1 atom stereocenters. The highest BCUT2D eigenvalue weighted by Gasteiger charge is 2.22. The minimum absolute atomic E-state index is 0.0293. The summed E-state index contributed by atoms with van der Waals surface area (Å²) in [5, 5.41) is 25.6. The normalized spacial score (nSPS) is 11.8. The van der Waals surface area contributed by atoms with Gasteiger partial charge in [-0.2, -0.15) is 13.7 Å². The van der Waals surface area contributed by atoms with E-state index < -0.39 is 21.9 Å². The molecule has 4 rings (SSSR count). The number of carbonyl (C=O) groups is 2. The van der Waals surface area contributed by atoms with Crippen molar-refractivity contribution >= 4 is 55.4 Å². The summed E-state index contributed by atoms with van der Waals surface area (Å²) in [6, 6.07) is 17.4. The number of aromatic nitrogens is 2. The quantitative estimate of drug-likeness (QED) is 0.291. The number of benzene rings is 2. The minimum Gasteiger partial charge on any atom is -0.379 e. The van der Waals surface area contributed by atoms with Crippen molar-refractivity contribution in [3.8, 4) is 21.7 Å². The van der Waals surface area contributed by atoms with Gasteiger partial charge in [0.2, 0.25) is 16.9 Å². The number of nitrogens with zero attached hydrogens (tertiary/aromatic N) is 3. The molecule has 2 aromatic heterocycles. The number of carbonyl (C=O) groups excluding carboxylic acids is 2. The Morgan fingerprint density at radius 2 is 1.86 bits per heavy atom. The summed E-state index contributed by atoms with van der Waals surface area (Å²) < 4.78 is 30.6. The van der Waals surface area contributed by atoms with E-state index in [9.17, 15) is 23.3 Å². The highest BCUT2D eigenvalue weighted by atomic mass is 32.2. The molecule has 0 saturated heterocycles. The Labute approximate surface area is 220 Å². The van der Waals surface area contributed by atoms with E-state index >= 15 is 0 Å². The first kappa shape index (κ1) is 26.0. The summed E-state index contributed by atoms with van der Waals surface area (Å²) >= 11 is 2.70. The van der Waals surface area contributed by atoms with E-state index in [-0.39, 0.29) is 28.1 Å². The Hall–Kier alpha value is -4.12. The Kier molecular flexibility index (Phi) is 7.92. The van der Waals surface area contributed by atoms with Gasteiger partial charge >= 0.3 is 10.1 Å². The molecule has 188 valence electrons. The fourth-order valence-electron chi connectivity index (χ4n) is 3.21. The van der Waals surface area contributed by atoms with Gasteiger partial charge in [-0.05, 0) is 59.8 Å². The van der Waals surface area contributed by atoms with Crippen LogP contribution in [0.2, 0.25) is 0 Å². The first-order valence-corrected chi connectivity index (χ1v) is 13.8. The second-order valence-electron chi connectivity index (χ2n) is 7.66. The lowest BCUT2D eigenvalue weighted by Gasteiger charge is -2.11. The second kappa shape index (κ2) is 11.3. The van der Waals surface area contributed by atoms with Gasteiger partial charge in [-0.25, -0.2) is 0 Å². The molecule has 0 aliphatic heterocycles. The maximum absolute atomic E-state index is 12.7. The second-order valence-corrected chi connectivity index (χ2v) is 11.1. The molecule has 0 aliphatic carbocycles. The lowest BCUT2D eigenvalue weighted by Crippen LogP contribution is -2.23. The van der Waals surface area contributed by atoms with Crippen LogP contribution in [0, 0.1) is 17.2 Å². The van der Waals surface area contributed by atoms with E-state index in [4.69, 9.17) is 4.18 Å². The average molecular weight is 554 g/mol. The largest absolute Gasteiger partial charge is 0.379 e. The Balaban J connectivity index is 1.41. The maximum Gasteiger partial charge on any atom is 0.339 e. The van der Waals surface area contributed by atoms with Crippen molar-refractivity contribution in [3.63, 3.8) is 0 Å². The molecule has 13 heteroatoms. The third-order valence-corrected chi connectivity index (χ3v) is 8.01. The fourth-order valence-corrected chi connectivity index (χ4v) is 5.67. The van der Waals surface area contributed by atoms with Crippen LogP contribution >= 0.6 is 22.7 Å². The van der Waals surface area contributed by atoms with Gasteiger partial charge in [-0.15, -0.1) is 21.5 Å². The maximum atomic E-state index is 12.7. The van der Waals surface area contributed by atoms with Crippen LogP contribution in [0.4, 0.5) is 10.8 Å². The van der Waals surface area contributed by atoms with E-state index in [2.05, 4.69) is 20.8 Å². The van der Waals surface area contributed by atoms with Crippen LogP contribution in [0.3, 0.4) is 0 Å². The van der Waals surface area contributed by atoms with E-state index in [0.29, 0.717) is 16.3 Å². The summed E-state index contributed by atoms with van der Waals surface area (Å²) in [4.78, 5) is 24.7. The molecule has 37 heavy (non-hydrogen) atoms. The number of thiophene rings is 1. The molecule has 0 aliphatic rings. The summed E-state index contributed by atoms with van der Waals surface area (Å²) in [5.41, 5.74) is 0.984. The molecular formula is C24H19N5O5S3. The predicted octanol–water partition coefficient (Wildman–Crippen LogP) is 4.31.